The van der Waals surface area contributed by atoms with Crippen LogP contribution in [0.4, 0.5) is 18.9 Å². The molecule has 2 N–H and O–H groups in total. The Morgan fingerprint density at radius 1 is 1.27 bits per heavy atom. The first-order valence-corrected chi connectivity index (χ1v) is 7.79. The van der Waals surface area contributed by atoms with Gasteiger partial charge >= 0.3 is 6.18 Å². The van der Waals surface area contributed by atoms with Gasteiger partial charge in [-0.1, -0.05) is 11.6 Å². The monoisotopic (exact) mass is 353 g/mol. The number of hydrogen-bond donors (Lipinski definition) is 2. The summed E-state index contributed by atoms with van der Waals surface area (Å²) >= 11 is 5.78. The van der Waals surface area contributed by atoms with Crippen molar-refractivity contribution in [3.63, 3.8) is 0 Å². The zero-order valence-electron chi connectivity index (χ0n) is 11.4. The Hall–Kier alpha value is -1.74. The van der Waals surface area contributed by atoms with Gasteiger partial charge in [-0.3, -0.25) is 9.82 Å². The van der Waals surface area contributed by atoms with Crippen LogP contribution in [0.15, 0.2) is 23.1 Å². The number of aromatic amines is 1. The fourth-order valence-electron chi connectivity index (χ4n) is 1.91. The van der Waals surface area contributed by atoms with Crippen LogP contribution in [0.5, 0.6) is 0 Å². The third-order valence-electron chi connectivity index (χ3n) is 2.87. The van der Waals surface area contributed by atoms with E-state index < -0.39 is 21.8 Å². The van der Waals surface area contributed by atoms with Crippen molar-refractivity contribution < 1.29 is 21.6 Å². The lowest BCUT2D eigenvalue weighted by Gasteiger charge is -2.13. The second-order valence-electron chi connectivity index (χ2n) is 4.56. The van der Waals surface area contributed by atoms with E-state index >= 15 is 0 Å². The Balaban J connectivity index is 2.47. The van der Waals surface area contributed by atoms with E-state index in [1.54, 1.807) is 0 Å². The largest absolute Gasteiger partial charge is 0.416 e. The molecule has 0 bridgehead atoms. The highest BCUT2D eigenvalue weighted by molar-refractivity contribution is 7.92. The number of rotatable bonds is 3. The van der Waals surface area contributed by atoms with Crippen molar-refractivity contribution in [2.24, 2.45) is 0 Å². The molecule has 0 spiro atoms. The number of nitrogens with one attached hydrogen (secondary N) is 2. The fraction of sp³-hybridized carbons (Fsp3) is 0.250. The number of nitrogens with zero attached hydrogens (tertiary/aromatic N) is 1. The number of alkyl halides is 3. The molecule has 1 heterocycles. The lowest BCUT2D eigenvalue weighted by atomic mass is 10.2. The predicted octanol–water partition coefficient (Wildman–Crippen LogP) is 3.50. The molecule has 1 aromatic heterocycles. The topological polar surface area (TPSA) is 74.8 Å². The van der Waals surface area contributed by atoms with Crippen molar-refractivity contribution in [3.8, 4) is 0 Å². The van der Waals surface area contributed by atoms with E-state index in [1.165, 1.54) is 13.8 Å². The summed E-state index contributed by atoms with van der Waals surface area (Å²) in [6, 6.07) is 2.40. The van der Waals surface area contributed by atoms with Crippen molar-refractivity contribution in [3.05, 3.63) is 40.2 Å². The van der Waals surface area contributed by atoms with E-state index in [1.807, 2.05) is 0 Å². The minimum Gasteiger partial charge on any atom is -0.281 e. The van der Waals surface area contributed by atoms with E-state index in [9.17, 15) is 21.6 Å². The molecule has 1 aromatic carbocycles. The predicted molar refractivity (Wildman–Crippen MR) is 75.3 cm³/mol. The molecular formula is C12H11ClF3N3O2S. The van der Waals surface area contributed by atoms with E-state index in [0.29, 0.717) is 6.07 Å². The minimum absolute atomic E-state index is 0.124. The number of benzene rings is 1. The highest BCUT2D eigenvalue weighted by Gasteiger charge is 2.32. The molecule has 2 rings (SSSR count). The van der Waals surface area contributed by atoms with Gasteiger partial charge in [-0.2, -0.15) is 18.3 Å². The zero-order valence-corrected chi connectivity index (χ0v) is 13.0. The maximum absolute atomic E-state index is 12.7. The number of H-pyrrole nitrogens is 1. The van der Waals surface area contributed by atoms with E-state index in [2.05, 4.69) is 14.9 Å². The van der Waals surface area contributed by atoms with Crippen LogP contribution in [0, 0.1) is 13.8 Å². The number of anilines is 1. The third kappa shape index (κ3) is 3.20. The van der Waals surface area contributed by atoms with E-state index in [-0.39, 0.29) is 27.0 Å². The standard InChI is InChI=1S/C12H11ClF3N3O2S/c1-6-11(7(2)18-17-6)22(20,21)19-10-5-8(12(14,15)16)3-4-9(10)13/h3-5,19H,1-2H3,(H,17,18). The Morgan fingerprint density at radius 2 is 1.91 bits per heavy atom. The molecule has 22 heavy (non-hydrogen) atoms. The van der Waals surface area contributed by atoms with Gasteiger partial charge in [0, 0.05) is 0 Å². The summed E-state index contributed by atoms with van der Waals surface area (Å²) in [6.07, 6.45) is -4.60. The van der Waals surface area contributed by atoms with Gasteiger partial charge in [-0.05, 0) is 32.0 Å². The van der Waals surface area contributed by atoms with Crippen LogP contribution in [0.1, 0.15) is 17.0 Å². The summed E-state index contributed by atoms with van der Waals surface area (Å²) in [5.41, 5.74) is -0.882. The first-order chi connectivity index (χ1) is 10.0. The molecule has 0 unspecified atom stereocenters. The molecular weight excluding hydrogens is 343 g/mol. The molecule has 0 aliphatic rings. The lowest BCUT2D eigenvalue weighted by molar-refractivity contribution is -0.137. The smallest absolute Gasteiger partial charge is 0.281 e. The average Bonchev–Trinajstić information content (AvgIpc) is 2.70. The van der Waals surface area contributed by atoms with Gasteiger partial charge in [0.05, 0.1) is 27.7 Å². The van der Waals surface area contributed by atoms with Crippen molar-refractivity contribution in [1.29, 1.82) is 0 Å². The zero-order chi connectivity index (χ0) is 16.7. The Labute approximate surface area is 129 Å². The third-order valence-corrected chi connectivity index (χ3v) is 4.82. The van der Waals surface area contributed by atoms with Crippen LogP contribution in [0.3, 0.4) is 0 Å². The normalized spacial score (nSPS) is 12.5. The average molecular weight is 354 g/mol. The lowest BCUT2D eigenvalue weighted by Crippen LogP contribution is -2.16. The summed E-state index contributed by atoms with van der Waals surface area (Å²) in [5, 5.41) is 6.10. The van der Waals surface area contributed by atoms with Crippen molar-refractivity contribution in [2.45, 2.75) is 24.9 Å². The minimum atomic E-state index is -4.60. The highest BCUT2D eigenvalue weighted by Crippen LogP contribution is 2.34. The van der Waals surface area contributed by atoms with Crippen LogP contribution >= 0.6 is 11.6 Å². The molecule has 120 valence electrons. The second-order valence-corrected chi connectivity index (χ2v) is 6.59. The Morgan fingerprint density at radius 3 is 2.41 bits per heavy atom. The number of aryl methyl sites for hydroxylation is 2. The van der Waals surface area contributed by atoms with Gasteiger partial charge in [-0.25, -0.2) is 8.42 Å². The van der Waals surface area contributed by atoms with Crippen molar-refractivity contribution in [1.82, 2.24) is 10.2 Å². The summed E-state index contributed by atoms with van der Waals surface area (Å²) in [4.78, 5) is -0.124. The number of hydrogen-bond acceptors (Lipinski definition) is 3. The van der Waals surface area contributed by atoms with Crippen LogP contribution < -0.4 is 4.72 Å². The van der Waals surface area contributed by atoms with E-state index in [0.717, 1.165) is 12.1 Å². The SMILES string of the molecule is Cc1n[nH]c(C)c1S(=O)(=O)Nc1cc(C(F)(F)F)ccc1Cl. The molecule has 0 saturated carbocycles. The van der Waals surface area contributed by atoms with Crippen LogP contribution in [0.2, 0.25) is 5.02 Å². The van der Waals surface area contributed by atoms with Crippen LogP contribution in [0.25, 0.3) is 0 Å². The second kappa shape index (κ2) is 5.47. The van der Waals surface area contributed by atoms with Crippen LogP contribution in [-0.2, 0) is 16.2 Å². The molecule has 0 aliphatic heterocycles. The Kier molecular flexibility index (Phi) is 4.14. The van der Waals surface area contributed by atoms with Gasteiger partial charge in [-0.15, -0.1) is 0 Å². The fourth-order valence-corrected chi connectivity index (χ4v) is 3.58. The molecule has 10 heteroatoms. The molecule has 0 radical (unpaired) electrons. The van der Waals surface area contributed by atoms with Crippen molar-refractivity contribution in [2.75, 3.05) is 4.72 Å². The molecule has 0 fully saturated rings. The van der Waals surface area contributed by atoms with Gasteiger partial charge in [0.15, 0.2) is 0 Å². The molecule has 5 nitrogen and oxygen atoms in total. The van der Waals surface area contributed by atoms with Gasteiger partial charge in [0.1, 0.15) is 4.90 Å². The number of halogens is 4. The summed E-state index contributed by atoms with van der Waals surface area (Å²) < 4.78 is 64.8. The molecule has 0 saturated heterocycles. The molecule has 2 aromatic rings. The molecule has 0 amide bonds. The number of sulfonamides is 1. The van der Waals surface area contributed by atoms with Gasteiger partial charge in [0.2, 0.25) is 0 Å². The summed E-state index contributed by atoms with van der Waals surface area (Å²) in [7, 11) is -4.11. The maximum atomic E-state index is 12.7. The maximum Gasteiger partial charge on any atom is 0.416 e. The summed E-state index contributed by atoms with van der Waals surface area (Å²) in [5.74, 6) is 0. The first-order valence-electron chi connectivity index (χ1n) is 5.93. The molecule has 0 aliphatic carbocycles. The molecule has 0 atom stereocenters. The van der Waals surface area contributed by atoms with E-state index in [4.69, 9.17) is 11.6 Å². The van der Waals surface area contributed by atoms with Crippen molar-refractivity contribution >= 4 is 27.3 Å². The number of aromatic nitrogens is 2. The van der Waals surface area contributed by atoms with Gasteiger partial charge in [0.25, 0.3) is 10.0 Å². The van der Waals surface area contributed by atoms with Crippen LogP contribution in [-0.4, -0.2) is 18.6 Å². The highest BCUT2D eigenvalue weighted by atomic mass is 35.5. The summed E-state index contributed by atoms with van der Waals surface area (Å²) in [6.45, 7) is 2.95. The first kappa shape index (κ1) is 16.6. The Bertz CT molecular complexity index is 796. The van der Waals surface area contributed by atoms with Gasteiger partial charge < -0.3 is 0 Å². The quantitative estimate of drug-likeness (QED) is 0.886.